The van der Waals surface area contributed by atoms with Crippen molar-refractivity contribution >= 4 is 22.0 Å². The Kier molecular flexibility index (Phi) is 5.29. The lowest BCUT2D eigenvalue weighted by Gasteiger charge is -2.47. The van der Waals surface area contributed by atoms with Gasteiger partial charge in [-0.25, -0.2) is 8.42 Å². The molecule has 1 aliphatic heterocycles. The summed E-state index contributed by atoms with van der Waals surface area (Å²) < 4.78 is 31.2. The Morgan fingerprint density at radius 1 is 1.07 bits per heavy atom. The highest BCUT2D eigenvalue weighted by Gasteiger charge is 2.62. The van der Waals surface area contributed by atoms with Crippen molar-refractivity contribution in [2.24, 2.45) is 0 Å². The molecule has 2 aromatic rings. The Bertz CT molecular complexity index is 929. The van der Waals surface area contributed by atoms with Gasteiger partial charge in [0.25, 0.3) is 0 Å². The standard InChI is InChI=1S/C19H19NO6S/c1-26-19(23)17-16(14-10-6-3-7-11-14)20(27(17,24)25)15(18(21)22)12-13-8-4-2-5-9-13/h2-11,15-17H,12H2,1H3,(H,21,22)/t15-,16?,17?/m0/s1. The molecule has 3 atom stereocenters. The zero-order valence-electron chi connectivity index (χ0n) is 14.6. The molecule has 0 saturated carbocycles. The predicted molar refractivity (Wildman–Crippen MR) is 97.3 cm³/mol. The van der Waals surface area contributed by atoms with Crippen LogP contribution in [0, 0.1) is 0 Å². The molecule has 8 heteroatoms. The third-order valence-corrected chi connectivity index (χ3v) is 6.78. The maximum absolute atomic E-state index is 12.8. The van der Waals surface area contributed by atoms with Gasteiger partial charge in [-0.1, -0.05) is 60.7 Å². The number of esters is 1. The number of ether oxygens (including phenoxy) is 1. The van der Waals surface area contributed by atoms with Gasteiger partial charge < -0.3 is 9.84 Å². The molecule has 7 nitrogen and oxygen atoms in total. The van der Waals surface area contributed by atoms with Crippen LogP contribution in [0.4, 0.5) is 0 Å². The molecule has 27 heavy (non-hydrogen) atoms. The topological polar surface area (TPSA) is 101 Å². The lowest BCUT2D eigenvalue weighted by molar-refractivity contribution is -0.147. The van der Waals surface area contributed by atoms with Crippen LogP contribution < -0.4 is 0 Å². The third-order valence-electron chi connectivity index (χ3n) is 4.61. The number of carbonyl (C=O) groups excluding carboxylic acids is 1. The van der Waals surface area contributed by atoms with E-state index in [0.29, 0.717) is 11.1 Å². The second-order valence-electron chi connectivity index (χ2n) is 6.22. The third kappa shape index (κ3) is 3.45. The number of hydrogen-bond acceptors (Lipinski definition) is 5. The van der Waals surface area contributed by atoms with E-state index in [1.807, 2.05) is 0 Å². The number of hydrogen-bond donors (Lipinski definition) is 1. The van der Waals surface area contributed by atoms with E-state index in [4.69, 9.17) is 0 Å². The highest BCUT2D eigenvalue weighted by atomic mass is 32.2. The van der Waals surface area contributed by atoms with Crippen LogP contribution in [0.1, 0.15) is 17.2 Å². The van der Waals surface area contributed by atoms with Gasteiger partial charge in [-0.05, 0) is 17.5 Å². The van der Waals surface area contributed by atoms with Crippen LogP contribution in [0.3, 0.4) is 0 Å². The number of methoxy groups -OCH3 is 1. The molecule has 0 bridgehead atoms. The summed E-state index contributed by atoms with van der Waals surface area (Å²) in [5.74, 6) is -2.17. The summed E-state index contributed by atoms with van der Waals surface area (Å²) in [5, 5.41) is 8.27. The zero-order valence-corrected chi connectivity index (χ0v) is 15.4. The number of carboxylic acids is 1. The van der Waals surface area contributed by atoms with Gasteiger partial charge in [0.2, 0.25) is 10.0 Å². The quantitative estimate of drug-likeness (QED) is 0.754. The van der Waals surface area contributed by atoms with Gasteiger partial charge >= 0.3 is 11.9 Å². The van der Waals surface area contributed by atoms with Crippen molar-refractivity contribution in [2.45, 2.75) is 23.8 Å². The summed E-state index contributed by atoms with van der Waals surface area (Å²) in [7, 11) is -3.05. The zero-order chi connectivity index (χ0) is 19.6. The Labute approximate surface area is 157 Å². The smallest absolute Gasteiger partial charge is 0.327 e. The highest BCUT2D eigenvalue weighted by molar-refractivity contribution is 7.92. The minimum Gasteiger partial charge on any atom is -0.480 e. The number of carbonyl (C=O) groups is 2. The molecule has 1 N–H and O–H groups in total. The number of aliphatic carboxylic acids is 1. The minimum atomic E-state index is -4.16. The molecule has 0 aliphatic carbocycles. The average molecular weight is 389 g/mol. The highest BCUT2D eigenvalue weighted by Crippen LogP contribution is 2.45. The molecule has 0 amide bonds. The second-order valence-corrected chi connectivity index (χ2v) is 8.18. The molecule has 0 radical (unpaired) electrons. The lowest BCUT2D eigenvalue weighted by atomic mass is 9.99. The van der Waals surface area contributed by atoms with Crippen LogP contribution in [0.15, 0.2) is 60.7 Å². The van der Waals surface area contributed by atoms with Crippen molar-refractivity contribution in [3.63, 3.8) is 0 Å². The number of benzene rings is 2. The Hall–Kier alpha value is -2.71. The fourth-order valence-corrected chi connectivity index (χ4v) is 5.46. The van der Waals surface area contributed by atoms with Crippen LogP contribution in [-0.4, -0.2) is 48.2 Å². The van der Waals surface area contributed by atoms with Crippen LogP contribution in [-0.2, 0) is 30.8 Å². The Morgan fingerprint density at radius 3 is 2.15 bits per heavy atom. The van der Waals surface area contributed by atoms with Gasteiger partial charge in [0, 0.05) is 0 Å². The predicted octanol–water partition coefficient (Wildman–Crippen LogP) is 1.61. The first-order valence-electron chi connectivity index (χ1n) is 8.29. The van der Waals surface area contributed by atoms with Crippen LogP contribution >= 0.6 is 0 Å². The molecule has 0 aromatic heterocycles. The van der Waals surface area contributed by atoms with Crippen molar-refractivity contribution in [3.8, 4) is 0 Å². The molecule has 3 rings (SSSR count). The van der Waals surface area contributed by atoms with E-state index in [9.17, 15) is 23.1 Å². The molecule has 2 unspecified atom stereocenters. The van der Waals surface area contributed by atoms with Crippen molar-refractivity contribution in [2.75, 3.05) is 7.11 Å². The Balaban J connectivity index is 2.04. The molecule has 1 fully saturated rings. The molecular weight excluding hydrogens is 370 g/mol. The fraction of sp³-hybridized carbons (Fsp3) is 0.263. The maximum Gasteiger partial charge on any atom is 0.327 e. The summed E-state index contributed by atoms with van der Waals surface area (Å²) >= 11 is 0. The fourth-order valence-electron chi connectivity index (χ4n) is 3.36. The van der Waals surface area contributed by atoms with Gasteiger partial charge in [-0.3, -0.25) is 9.59 Å². The average Bonchev–Trinajstić information content (AvgIpc) is 2.66. The summed E-state index contributed by atoms with van der Waals surface area (Å²) in [6, 6.07) is 15.0. The lowest BCUT2D eigenvalue weighted by Crippen LogP contribution is -2.66. The summed E-state index contributed by atoms with van der Waals surface area (Å²) in [5.41, 5.74) is 1.23. The van der Waals surface area contributed by atoms with E-state index in [0.717, 1.165) is 11.4 Å². The SMILES string of the molecule is COC(=O)C1C(c2ccccc2)N([C@@H](Cc2ccccc2)C(=O)O)S1(=O)=O. The normalized spacial score (nSPS) is 22.4. The van der Waals surface area contributed by atoms with Gasteiger partial charge in [0.05, 0.1) is 13.2 Å². The van der Waals surface area contributed by atoms with Crippen molar-refractivity contribution in [1.29, 1.82) is 0 Å². The first-order valence-corrected chi connectivity index (χ1v) is 9.80. The molecule has 1 aliphatic rings. The van der Waals surface area contributed by atoms with Crippen LogP contribution in [0.5, 0.6) is 0 Å². The van der Waals surface area contributed by atoms with Crippen LogP contribution in [0.2, 0.25) is 0 Å². The second kappa shape index (κ2) is 7.50. The minimum absolute atomic E-state index is 0.00731. The Morgan fingerprint density at radius 2 is 1.63 bits per heavy atom. The van der Waals surface area contributed by atoms with E-state index in [1.165, 1.54) is 0 Å². The number of nitrogens with zero attached hydrogens (tertiary/aromatic N) is 1. The summed E-state index contributed by atoms with van der Waals surface area (Å²) in [6.07, 6.45) is -0.00731. The van der Waals surface area contributed by atoms with Gasteiger partial charge in [0.15, 0.2) is 5.25 Å². The monoisotopic (exact) mass is 389 g/mol. The van der Waals surface area contributed by atoms with Crippen molar-refractivity contribution in [3.05, 3.63) is 71.8 Å². The van der Waals surface area contributed by atoms with E-state index in [-0.39, 0.29) is 6.42 Å². The van der Waals surface area contributed by atoms with E-state index < -0.39 is 39.3 Å². The largest absolute Gasteiger partial charge is 0.480 e. The van der Waals surface area contributed by atoms with Crippen molar-refractivity contribution in [1.82, 2.24) is 4.31 Å². The number of rotatable bonds is 6. The molecule has 1 heterocycles. The van der Waals surface area contributed by atoms with Gasteiger partial charge in [-0.2, -0.15) is 4.31 Å². The van der Waals surface area contributed by atoms with Crippen molar-refractivity contribution < 1.29 is 27.9 Å². The summed E-state index contributed by atoms with van der Waals surface area (Å²) in [4.78, 5) is 24.0. The molecule has 0 spiro atoms. The molecule has 2 aromatic carbocycles. The van der Waals surface area contributed by atoms with Gasteiger partial charge in [-0.15, -0.1) is 0 Å². The van der Waals surface area contributed by atoms with E-state index >= 15 is 0 Å². The van der Waals surface area contributed by atoms with Crippen LogP contribution in [0.25, 0.3) is 0 Å². The maximum atomic E-state index is 12.8. The summed E-state index contributed by atoms with van der Waals surface area (Å²) in [6.45, 7) is 0. The molecular formula is C19H19NO6S. The van der Waals surface area contributed by atoms with E-state index in [2.05, 4.69) is 4.74 Å². The number of sulfonamides is 1. The number of carboxylic acid groups (broad SMARTS) is 1. The van der Waals surface area contributed by atoms with Gasteiger partial charge in [0.1, 0.15) is 6.04 Å². The first-order chi connectivity index (χ1) is 12.9. The first kappa shape index (κ1) is 19.1. The molecule has 142 valence electrons. The molecule has 1 saturated heterocycles. The van der Waals surface area contributed by atoms with E-state index in [1.54, 1.807) is 60.7 Å².